The Kier molecular flexibility index (Phi) is 3.60. The maximum Gasteiger partial charge on any atom is 0.255 e. The van der Waals surface area contributed by atoms with E-state index in [0.717, 1.165) is 12.8 Å². The van der Waals surface area contributed by atoms with E-state index in [0.29, 0.717) is 29.7 Å². The summed E-state index contributed by atoms with van der Waals surface area (Å²) in [6.45, 7) is 0.489. The largest absolute Gasteiger partial charge is 0.335 e. The van der Waals surface area contributed by atoms with Gasteiger partial charge in [0.05, 0.1) is 18.1 Å². The maximum absolute atomic E-state index is 12.2. The molecule has 88 valence electrons. The molecule has 0 aromatic carbocycles. The second-order valence-electron chi connectivity index (χ2n) is 4.01. The number of pyridine rings is 1. The molecule has 1 aliphatic rings. The van der Waals surface area contributed by atoms with Gasteiger partial charge in [0.2, 0.25) is 0 Å². The molecule has 0 radical (unpaired) electrons. The molecule has 17 heavy (non-hydrogen) atoms. The van der Waals surface area contributed by atoms with Crippen LogP contribution in [0, 0.1) is 11.3 Å². The number of nitriles is 1. The number of hydrogen-bond donors (Lipinski definition) is 0. The molecule has 1 saturated carbocycles. The Bertz CT molecular complexity index is 448. The van der Waals surface area contributed by atoms with Crippen LogP contribution in [0.5, 0.6) is 0 Å². The molecule has 4 nitrogen and oxygen atoms in total. The van der Waals surface area contributed by atoms with Crippen molar-refractivity contribution < 1.29 is 4.79 Å². The van der Waals surface area contributed by atoms with Gasteiger partial charge in [-0.1, -0.05) is 11.6 Å². The first-order valence-electron chi connectivity index (χ1n) is 5.52. The van der Waals surface area contributed by atoms with Crippen molar-refractivity contribution in [2.45, 2.75) is 25.3 Å². The summed E-state index contributed by atoms with van der Waals surface area (Å²) in [5.74, 6) is -0.0630. The minimum Gasteiger partial charge on any atom is -0.335 e. The Morgan fingerprint density at radius 3 is 2.88 bits per heavy atom. The van der Waals surface area contributed by atoms with Crippen LogP contribution in [0.25, 0.3) is 0 Å². The zero-order chi connectivity index (χ0) is 12.3. The van der Waals surface area contributed by atoms with E-state index < -0.39 is 0 Å². The highest BCUT2D eigenvalue weighted by molar-refractivity contribution is 6.29. The third-order valence-corrected chi connectivity index (χ3v) is 2.91. The molecule has 0 saturated heterocycles. The minimum atomic E-state index is -0.0630. The van der Waals surface area contributed by atoms with Crippen LogP contribution in [-0.4, -0.2) is 28.4 Å². The summed E-state index contributed by atoms with van der Waals surface area (Å²) in [5.41, 5.74) is 0.527. The fourth-order valence-electron chi connectivity index (χ4n) is 1.67. The molecule has 2 rings (SSSR count). The third kappa shape index (κ3) is 2.95. The molecule has 1 heterocycles. The summed E-state index contributed by atoms with van der Waals surface area (Å²) in [6.07, 6.45) is 3.89. The molecule has 1 aromatic heterocycles. The molecule has 1 aromatic rings. The number of rotatable bonds is 4. The van der Waals surface area contributed by atoms with Gasteiger partial charge in [0.1, 0.15) is 5.15 Å². The molecule has 1 amide bonds. The van der Waals surface area contributed by atoms with E-state index in [1.807, 2.05) is 0 Å². The number of halogens is 1. The fourth-order valence-corrected chi connectivity index (χ4v) is 1.79. The summed E-state index contributed by atoms with van der Waals surface area (Å²) >= 11 is 5.68. The molecule has 0 unspecified atom stereocenters. The zero-order valence-corrected chi connectivity index (χ0v) is 10.0. The van der Waals surface area contributed by atoms with Crippen LogP contribution in [0.2, 0.25) is 5.15 Å². The van der Waals surface area contributed by atoms with Crippen LogP contribution < -0.4 is 0 Å². The average Bonchev–Trinajstić information content (AvgIpc) is 3.14. The molecule has 1 fully saturated rings. The van der Waals surface area contributed by atoms with Crippen molar-refractivity contribution in [2.24, 2.45) is 0 Å². The van der Waals surface area contributed by atoms with Crippen LogP contribution in [0.4, 0.5) is 0 Å². The summed E-state index contributed by atoms with van der Waals surface area (Å²) in [6, 6.07) is 5.63. The monoisotopic (exact) mass is 249 g/mol. The predicted octanol–water partition coefficient (Wildman–Crippen LogP) is 2.25. The lowest BCUT2D eigenvalue weighted by Gasteiger charge is -2.20. The average molecular weight is 250 g/mol. The summed E-state index contributed by atoms with van der Waals surface area (Å²) in [5, 5.41) is 8.96. The smallest absolute Gasteiger partial charge is 0.255 e. The van der Waals surface area contributed by atoms with Crippen molar-refractivity contribution in [1.82, 2.24) is 9.88 Å². The van der Waals surface area contributed by atoms with E-state index in [4.69, 9.17) is 16.9 Å². The number of carbonyl (C=O) groups excluding carboxylic acids is 1. The highest BCUT2D eigenvalue weighted by atomic mass is 35.5. The molecule has 0 aliphatic heterocycles. The molecular weight excluding hydrogens is 238 g/mol. The lowest BCUT2D eigenvalue weighted by Crippen LogP contribution is -2.33. The van der Waals surface area contributed by atoms with Crippen molar-refractivity contribution in [2.75, 3.05) is 6.54 Å². The van der Waals surface area contributed by atoms with Crippen LogP contribution in [0.3, 0.4) is 0 Å². The molecule has 0 atom stereocenters. The Hall–Kier alpha value is -1.60. The lowest BCUT2D eigenvalue weighted by atomic mass is 10.2. The van der Waals surface area contributed by atoms with Gasteiger partial charge in [0, 0.05) is 18.8 Å². The Labute approximate surface area is 105 Å². The molecule has 5 heteroatoms. The van der Waals surface area contributed by atoms with Crippen molar-refractivity contribution in [3.8, 4) is 6.07 Å². The number of aromatic nitrogens is 1. The van der Waals surface area contributed by atoms with E-state index in [2.05, 4.69) is 11.1 Å². The highest BCUT2D eigenvalue weighted by Crippen LogP contribution is 2.28. The first kappa shape index (κ1) is 11.9. The Balaban J connectivity index is 2.10. The van der Waals surface area contributed by atoms with Gasteiger partial charge in [-0.05, 0) is 25.0 Å². The summed E-state index contributed by atoms with van der Waals surface area (Å²) in [4.78, 5) is 17.8. The molecule has 0 N–H and O–H groups in total. The van der Waals surface area contributed by atoms with E-state index >= 15 is 0 Å². The second kappa shape index (κ2) is 5.15. The maximum atomic E-state index is 12.2. The normalized spacial score (nSPS) is 14.1. The summed E-state index contributed by atoms with van der Waals surface area (Å²) < 4.78 is 0. The van der Waals surface area contributed by atoms with Crippen LogP contribution in [0.15, 0.2) is 18.3 Å². The van der Waals surface area contributed by atoms with Crippen LogP contribution in [0.1, 0.15) is 29.6 Å². The van der Waals surface area contributed by atoms with Gasteiger partial charge in [-0.25, -0.2) is 4.98 Å². The van der Waals surface area contributed by atoms with Gasteiger partial charge >= 0.3 is 0 Å². The first-order chi connectivity index (χ1) is 8.22. The molecule has 0 bridgehead atoms. The van der Waals surface area contributed by atoms with Crippen molar-refractivity contribution in [3.63, 3.8) is 0 Å². The molecular formula is C12H12ClN3O. The van der Waals surface area contributed by atoms with E-state index in [9.17, 15) is 4.79 Å². The number of carbonyl (C=O) groups is 1. The lowest BCUT2D eigenvalue weighted by molar-refractivity contribution is 0.0746. The van der Waals surface area contributed by atoms with Crippen molar-refractivity contribution >= 4 is 17.5 Å². The van der Waals surface area contributed by atoms with Gasteiger partial charge in [-0.15, -0.1) is 0 Å². The van der Waals surface area contributed by atoms with E-state index in [1.165, 1.54) is 6.20 Å². The van der Waals surface area contributed by atoms with Crippen molar-refractivity contribution in [3.05, 3.63) is 29.0 Å². The van der Waals surface area contributed by atoms with Gasteiger partial charge in [-0.2, -0.15) is 5.26 Å². The Morgan fingerprint density at radius 1 is 1.59 bits per heavy atom. The SMILES string of the molecule is N#CCCN(C(=O)c1ccc(Cl)nc1)C1CC1. The number of hydrogen-bond acceptors (Lipinski definition) is 3. The standard InChI is InChI=1S/C12H12ClN3O/c13-11-5-2-9(8-15-11)12(17)16(7-1-6-14)10-3-4-10/h2,5,8,10H,1,3-4,7H2. The number of nitrogens with zero attached hydrogens (tertiary/aromatic N) is 3. The quantitative estimate of drug-likeness (QED) is 0.769. The van der Waals surface area contributed by atoms with Gasteiger partial charge < -0.3 is 4.90 Å². The third-order valence-electron chi connectivity index (χ3n) is 2.69. The van der Waals surface area contributed by atoms with Crippen LogP contribution in [-0.2, 0) is 0 Å². The van der Waals surface area contributed by atoms with Crippen LogP contribution >= 0.6 is 11.6 Å². The van der Waals surface area contributed by atoms with Crippen molar-refractivity contribution in [1.29, 1.82) is 5.26 Å². The predicted molar refractivity (Wildman–Crippen MR) is 63.5 cm³/mol. The fraction of sp³-hybridized carbons (Fsp3) is 0.417. The topological polar surface area (TPSA) is 57.0 Å². The zero-order valence-electron chi connectivity index (χ0n) is 9.27. The van der Waals surface area contributed by atoms with E-state index in [1.54, 1.807) is 17.0 Å². The summed E-state index contributed by atoms with van der Waals surface area (Å²) in [7, 11) is 0. The molecule has 1 aliphatic carbocycles. The van der Waals surface area contributed by atoms with Gasteiger partial charge in [-0.3, -0.25) is 4.79 Å². The highest BCUT2D eigenvalue weighted by Gasteiger charge is 2.32. The van der Waals surface area contributed by atoms with Gasteiger partial charge in [0.25, 0.3) is 5.91 Å². The Morgan fingerprint density at radius 2 is 2.35 bits per heavy atom. The number of amides is 1. The second-order valence-corrected chi connectivity index (χ2v) is 4.39. The van der Waals surface area contributed by atoms with E-state index in [-0.39, 0.29) is 5.91 Å². The van der Waals surface area contributed by atoms with Gasteiger partial charge in [0.15, 0.2) is 0 Å². The molecule has 0 spiro atoms. The minimum absolute atomic E-state index is 0.0630. The first-order valence-corrected chi connectivity index (χ1v) is 5.89.